The minimum absolute atomic E-state index is 0.176. The van der Waals surface area contributed by atoms with Crippen molar-refractivity contribution in [3.05, 3.63) is 5.82 Å². The van der Waals surface area contributed by atoms with Gasteiger partial charge in [0.2, 0.25) is 0 Å². The fraction of sp³-hybridized carbons (Fsp3) is 0.500. The zero-order valence-electron chi connectivity index (χ0n) is 7.39. The van der Waals surface area contributed by atoms with Crippen molar-refractivity contribution in [1.29, 1.82) is 0 Å². The third-order valence-corrected chi connectivity index (χ3v) is 1.56. The minimum Gasteiger partial charge on any atom is -0.480 e. The molecule has 0 radical (unpaired) electrons. The van der Waals surface area contributed by atoms with E-state index in [0.29, 0.717) is 6.42 Å². The molecule has 0 saturated heterocycles. The second kappa shape index (κ2) is 4.30. The number of hydrogen-bond donors (Lipinski definition) is 3. The van der Waals surface area contributed by atoms with Crippen molar-refractivity contribution in [3.8, 4) is 0 Å². The molecule has 0 aliphatic heterocycles. The Bertz CT molecular complexity index is 322. The maximum absolute atomic E-state index is 11.2. The molecule has 0 aliphatic rings. The molecule has 1 rings (SSSR count). The molecule has 0 aliphatic carbocycles. The van der Waals surface area contributed by atoms with Crippen LogP contribution in [0.1, 0.15) is 24.0 Å². The first-order valence-electron chi connectivity index (χ1n) is 3.92. The molecule has 0 aromatic carbocycles. The van der Waals surface area contributed by atoms with E-state index in [9.17, 15) is 9.59 Å². The Balaban J connectivity index is 2.60. The van der Waals surface area contributed by atoms with Crippen molar-refractivity contribution in [2.75, 3.05) is 0 Å². The first-order chi connectivity index (χ1) is 6.65. The first-order valence-corrected chi connectivity index (χ1v) is 3.92. The molecule has 3 N–H and O–H groups in total. The van der Waals surface area contributed by atoms with Gasteiger partial charge in [-0.1, -0.05) is 6.92 Å². The second-order valence-electron chi connectivity index (χ2n) is 2.51. The monoisotopic (exact) mass is 199 g/mol. The van der Waals surface area contributed by atoms with Gasteiger partial charge in [-0.3, -0.25) is 4.79 Å². The number of carbonyl (C=O) groups is 2. The number of tetrazole rings is 1. The zero-order chi connectivity index (χ0) is 10.6. The van der Waals surface area contributed by atoms with Crippen LogP contribution >= 0.6 is 0 Å². The largest absolute Gasteiger partial charge is 0.480 e. The number of aromatic nitrogens is 4. The average molecular weight is 199 g/mol. The van der Waals surface area contributed by atoms with Gasteiger partial charge < -0.3 is 10.4 Å². The van der Waals surface area contributed by atoms with Crippen LogP contribution in [0.25, 0.3) is 0 Å². The van der Waals surface area contributed by atoms with Crippen molar-refractivity contribution in [3.63, 3.8) is 0 Å². The van der Waals surface area contributed by atoms with Crippen molar-refractivity contribution in [2.45, 2.75) is 19.4 Å². The fourth-order valence-corrected chi connectivity index (χ4v) is 0.819. The number of carboxylic acids is 1. The summed E-state index contributed by atoms with van der Waals surface area (Å²) in [6.07, 6.45) is 0.291. The van der Waals surface area contributed by atoms with Crippen molar-refractivity contribution >= 4 is 11.9 Å². The van der Waals surface area contributed by atoms with Crippen LogP contribution in [-0.2, 0) is 4.79 Å². The van der Waals surface area contributed by atoms with Crippen LogP contribution in [0.3, 0.4) is 0 Å². The summed E-state index contributed by atoms with van der Waals surface area (Å²) in [6, 6.07) is -0.930. The molecule has 1 heterocycles. The number of rotatable bonds is 4. The number of carbonyl (C=O) groups excluding carboxylic acids is 1. The third-order valence-electron chi connectivity index (χ3n) is 1.56. The molecule has 76 valence electrons. The van der Waals surface area contributed by atoms with E-state index in [0.717, 1.165) is 0 Å². The van der Waals surface area contributed by atoms with Gasteiger partial charge in [0, 0.05) is 0 Å². The maximum Gasteiger partial charge on any atom is 0.326 e. The van der Waals surface area contributed by atoms with Crippen LogP contribution in [0.5, 0.6) is 0 Å². The van der Waals surface area contributed by atoms with E-state index >= 15 is 0 Å². The van der Waals surface area contributed by atoms with Gasteiger partial charge in [0.1, 0.15) is 6.04 Å². The Hall–Kier alpha value is -1.99. The summed E-state index contributed by atoms with van der Waals surface area (Å²) in [5.41, 5.74) is 0. The normalized spacial score (nSPS) is 12.1. The highest BCUT2D eigenvalue weighted by atomic mass is 16.4. The average Bonchev–Trinajstić information content (AvgIpc) is 2.65. The summed E-state index contributed by atoms with van der Waals surface area (Å²) in [5, 5.41) is 23.0. The molecule has 0 fully saturated rings. The summed E-state index contributed by atoms with van der Waals surface area (Å²) in [4.78, 5) is 21.8. The lowest BCUT2D eigenvalue weighted by molar-refractivity contribution is -0.139. The number of hydrogen-bond acceptors (Lipinski definition) is 5. The van der Waals surface area contributed by atoms with Crippen LogP contribution < -0.4 is 5.32 Å². The Morgan fingerprint density at radius 2 is 2.36 bits per heavy atom. The van der Waals surface area contributed by atoms with E-state index in [1.54, 1.807) is 6.92 Å². The van der Waals surface area contributed by atoms with Crippen LogP contribution in [0, 0.1) is 0 Å². The highest BCUT2D eigenvalue weighted by molar-refractivity contribution is 5.93. The molecular formula is C6H9N5O3. The van der Waals surface area contributed by atoms with Gasteiger partial charge in [-0.15, -0.1) is 10.2 Å². The number of nitrogens with one attached hydrogen (secondary N) is 2. The molecule has 1 atom stereocenters. The van der Waals surface area contributed by atoms with Gasteiger partial charge in [0.15, 0.2) is 0 Å². The highest BCUT2D eigenvalue weighted by Crippen LogP contribution is 1.93. The molecule has 1 aromatic heterocycles. The molecule has 8 nitrogen and oxygen atoms in total. The lowest BCUT2D eigenvalue weighted by Crippen LogP contribution is -2.40. The smallest absolute Gasteiger partial charge is 0.326 e. The van der Waals surface area contributed by atoms with E-state index in [1.165, 1.54) is 0 Å². The molecule has 0 spiro atoms. The molecule has 1 aromatic rings. The number of nitrogens with zero attached hydrogens (tertiary/aromatic N) is 3. The van der Waals surface area contributed by atoms with E-state index in [-0.39, 0.29) is 5.82 Å². The molecule has 1 amide bonds. The van der Waals surface area contributed by atoms with Crippen molar-refractivity contribution < 1.29 is 14.7 Å². The van der Waals surface area contributed by atoms with E-state index in [4.69, 9.17) is 5.11 Å². The molecule has 0 unspecified atom stereocenters. The molecule has 8 heteroatoms. The van der Waals surface area contributed by atoms with Gasteiger partial charge in [0.25, 0.3) is 11.7 Å². The van der Waals surface area contributed by atoms with Crippen molar-refractivity contribution in [1.82, 2.24) is 25.9 Å². The number of H-pyrrole nitrogens is 1. The maximum atomic E-state index is 11.2. The Kier molecular flexibility index (Phi) is 3.10. The minimum atomic E-state index is -1.09. The Morgan fingerprint density at radius 1 is 1.64 bits per heavy atom. The van der Waals surface area contributed by atoms with Crippen LogP contribution in [-0.4, -0.2) is 43.6 Å². The zero-order valence-corrected chi connectivity index (χ0v) is 7.39. The SMILES string of the molecule is CC[C@@H](NC(=O)c1nn[nH]n1)C(=O)O. The first kappa shape index (κ1) is 10.1. The summed E-state index contributed by atoms with van der Waals surface area (Å²) >= 11 is 0. The second-order valence-corrected chi connectivity index (χ2v) is 2.51. The summed E-state index contributed by atoms with van der Waals surface area (Å²) in [7, 11) is 0. The van der Waals surface area contributed by atoms with Crippen LogP contribution in [0.15, 0.2) is 0 Å². The standard InChI is InChI=1S/C6H9N5O3/c1-2-3(6(13)14)7-5(12)4-8-10-11-9-4/h3H,2H2,1H3,(H,7,12)(H,13,14)(H,8,9,10,11)/t3-/m1/s1. The van der Waals surface area contributed by atoms with Crippen molar-refractivity contribution in [2.24, 2.45) is 0 Å². The lowest BCUT2D eigenvalue weighted by Gasteiger charge is -2.09. The Labute approximate surface area is 78.7 Å². The number of amides is 1. The number of aliphatic carboxylic acids is 1. The van der Waals surface area contributed by atoms with Gasteiger partial charge in [-0.05, 0) is 11.6 Å². The highest BCUT2D eigenvalue weighted by Gasteiger charge is 2.20. The van der Waals surface area contributed by atoms with Crippen LogP contribution in [0.4, 0.5) is 0 Å². The number of carboxylic acid groups (broad SMARTS) is 1. The predicted molar refractivity (Wildman–Crippen MR) is 43.4 cm³/mol. The van der Waals surface area contributed by atoms with Gasteiger partial charge in [-0.2, -0.15) is 5.21 Å². The quantitative estimate of drug-likeness (QED) is 0.559. The van der Waals surface area contributed by atoms with Gasteiger partial charge >= 0.3 is 5.97 Å². The third kappa shape index (κ3) is 2.25. The van der Waals surface area contributed by atoms with E-state index < -0.39 is 17.9 Å². The Morgan fingerprint density at radius 3 is 2.79 bits per heavy atom. The molecule has 0 saturated carbocycles. The number of aromatic amines is 1. The lowest BCUT2D eigenvalue weighted by atomic mass is 10.2. The van der Waals surface area contributed by atoms with Crippen LogP contribution in [0.2, 0.25) is 0 Å². The predicted octanol–water partition coefficient (Wildman–Crippen LogP) is -1.21. The molecule has 0 bridgehead atoms. The van der Waals surface area contributed by atoms with Gasteiger partial charge in [0.05, 0.1) is 0 Å². The molecular weight excluding hydrogens is 190 g/mol. The summed E-state index contributed by atoms with van der Waals surface area (Å²) < 4.78 is 0. The molecule has 14 heavy (non-hydrogen) atoms. The van der Waals surface area contributed by atoms with E-state index in [2.05, 4.69) is 25.9 Å². The fourth-order valence-electron chi connectivity index (χ4n) is 0.819. The van der Waals surface area contributed by atoms with Gasteiger partial charge in [-0.25, -0.2) is 4.79 Å². The van der Waals surface area contributed by atoms with E-state index in [1.807, 2.05) is 0 Å². The summed E-state index contributed by atoms with van der Waals surface area (Å²) in [5.74, 6) is -1.93. The topological polar surface area (TPSA) is 121 Å². The summed E-state index contributed by atoms with van der Waals surface area (Å²) in [6.45, 7) is 1.65.